The molecule has 1 N–H and O–H groups in total. The fourth-order valence-electron chi connectivity index (χ4n) is 3.90. The van der Waals surface area contributed by atoms with E-state index in [1.165, 1.54) is 48.8 Å². The minimum absolute atomic E-state index is 0.803. The molecule has 4 rings (SSSR count). The van der Waals surface area contributed by atoms with Crippen LogP contribution >= 0.6 is 0 Å². The van der Waals surface area contributed by atoms with Gasteiger partial charge in [0.2, 0.25) is 0 Å². The third-order valence-corrected chi connectivity index (χ3v) is 5.75. The summed E-state index contributed by atoms with van der Waals surface area (Å²) in [6.07, 6.45) is 7.70. The summed E-state index contributed by atoms with van der Waals surface area (Å²) in [6.45, 7) is 5.15. The summed E-state index contributed by atoms with van der Waals surface area (Å²) >= 11 is 0. The summed E-state index contributed by atoms with van der Waals surface area (Å²) in [5.41, 5.74) is 6.79. The molecule has 0 amide bonds. The molecule has 1 heterocycles. The van der Waals surface area contributed by atoms with Gasteiger partial charge in [0, 0.05) is 5.56 Å². The van der Waals surface area contributed by atoms with Crippen LogP contribution in [-0.4, -0.2) is 16.6 Å². The second-order valence-electron chi connectivity index (χ2n) is 8.32. The number of ether oxygens (including phenoxy) is 1. The molecule has 0 saturated carbocycles. The number of fused-ring (bicyclic) bond motifs is 1. The molecule has 160 valence electrons. The van der Waals surface area contributed by atoms with Crippen LogP contribution in [-0.2, 0) is 0 Å². The molecular formula is C28H32N2O. The number of benzene rings is 3. The topological polar surface area (TPSA) is 37.9 Å². The van der Waals surface area contributed by atoms with Gasteiger partial charge >= 0.3 is 0 Å². The highest BCUT2D eigenvalue weighted by molar-refractivity contribution is 5.80. The average Bonchev–Trinajstić information content (AvgIpc) is 3.22. The third kappa shape index (κ3) is 5.55. The lowest BCUT2D eigenvalue weighted by molar-refractivity contribution is 0.304. The Morgan fingerprint density at radius 3 is 2.13 bits per heavy atom. The fraction of sp³-hybridized carbons (Fsp3) is 0.321. The number of hydrogen-bond acceptors (Lipinski definition) is 2. The molecule has 0 aliphatic heterocycles. The van der Waals surface area contributed by atoms with E-state index in [4.69, 9.17) is 9.72 Å². The second kappa shape index (κ2) is 10.3. The Balaban J connectivity index is 1.34. The lowest BCUT2D eigenvalue weighted by Gasteiger charge is -2.08. The summed E-state index contributed by atoms with van der Waals surface area (Å²) in [5.74, 6) is 1.86. The first kappa shape index (κ1) is 21.2. The highest BCUT2D eigenvalue weighted by atomic mass is 16.5. The van der Waals surface area contributed by atoms with Gasteiger partial charge in [-0.2, -0.15) is 0 Å². The minimum Gasteiger partial charge on any atom is -0.494 e. The Kier molecular flexibility index (Phi) is 7.03. The molecule has 0 fully saturated rings. The molecule has 0 aliphatic rings. The maximum atomic E-state index is 5.91. The van der Waals surface area contributed by atoms with E-state index in [0.29, 0.717) is 0 Å². The van der Waals surface area contributed by atoms with Crippen molar-refractivity contribution < 1.29 is 4.74 Å². The number of imidazole rings is 1. The molecule has 0 spiro atoms. The molecule has 0 radical (unpaired) electrons. The number of H-pyrrole nitrogens is 1. The van der Waals surface area contributed by atoms with Crippen LogP contribution in [0.15, 0.2) is 66.7 Å². The van der Waals surface area contributed by atoms with Gasteiger partial charge in [-0.25, -0.2) is 4.98 Å². The number of aromatic amines is 1. The van der Waals surface area contributed by atoms with Gasteiger partial charge in [-0.3, -0.25) is 0 Å². The van der Waals surface area contributed by atoms with E-state index in [0.717, 1.165) is 41.2 Å². The van der Waals surface area contributed by atoms with Crippen molar-refractivity contribution >= 4 is 11.0 Å². The highest BCUT2D eigenvalue weighted by Crippen LogP contribution is 2.26. The van der Waals surface area contributed by atoms with E-state index in [2.05, 4.69) is 85.6 Å². The maximum absolute atomic E-state index is 5.91. The highest BCUT2D eigenvalue weighted by Gasteiger charge is 2.06. The van der Waals surface area contributed by atoms with Crippen molar-refractivity contribution in [2.24, 2.45) is 0 Å². The van der Waals surface area contributed by atoms with E-state index < -0.39 is 0 Å². The molecule has 31 heavy (non-hydrogen) atoms. The van der Waals surface area contributed by atoms with E-state index in [9.17, 15) is 0 Å². The molecule has 4 aromatic rings. The zero-order valence-electron chi connectivity index (χ0n) is 18.7. The van der Waals surface area contributed by atoms with E-state index in [1.807, 2.05) is 0 Å². The Morgan fingerprint density at radius 2 is 1.39 bits per heavy atom. The molecule has 3 nitrogen and oxygen atoms in total. The molecule has 0 atom stereocenters. The van der Waals surface area contributed by atoms with Crippen molar-refractivity contribution in [3.05, 3.63) is 72.3 Å². The lowest BCUT2D eigenvalue weighted by atomic mass is 10.0. The minimum atomic E-state index is 0.803. The molecule has 0 bridgehead atoms. The average molecular weight is 413 g/mol. The first-order valence-electron chi connectivity index (χ1n) is 11.5. The van der Waals surface area contributed by atoms with Crippen LogP contribution in [0.1, 0.15) is 51.0 Å². The molecule has 0 unspecified atom stereocenters. The monoisotopic (exact) mass is 412 g/mol. The summed E-state index contributed by atoms with van der Waals surface area (Å²) < 4.78 is 5.91. The fourth-order valence-corrected chi connectivity index (χ4v) is 3.90. The van der Waals surface area contributed by atoms with Crippen LogP contribution in [0.25, 0.3) is 33.5 Å². The molecule has 0 saturated heterocycles. The number of aromatic nitrogens is 2. The zero-order chi connectivity index (χ0) is 21.5. The van der Waals surface area contributed by atoms with Crippen LogP contribution in [0.3, 0.4) is 0 Å². The van der Waals surface area contributed by atoms with E-state index in [-0.39, 0.29) is 0 Å². The molecular weight excluding hydrogens is 380 g/mol. The van der Waals surface area contributed by atoms with Gasteiger partial charge in [-0.15, -0.1) is 0 Å². The zero-order valence-corrected chi connectivity index (χ0v) is 18.7. The summed E-state index contributed by atoms with van der Waals surface area (Å²) in [6, 6.07) is 23.3. The van der Waals surface area contributed by atoms with Gasteiger partial charge in [0.25, 0.3) is 0 Å². The van der Waals surface area contributed by atoms with Gasteiger partial charge in [-0.05, 0) is 54.3 Å². The van der Waals surface area contributed by atoms with Crippen LogP contribution in [0, 0.1) is 6.92 Å². The van der Waals surface area contributed by atoms with E-state index >= 15 is 0 Å². The Bertz CT molecular complexity index is 1090. The Labute approximate surface area is 185 Å². The van der Waals surface area contributed by atoms with Crippen molar-refractivity contribution in [1.29, 1.82) is 0 Å². The maximum Gasteiger partial charge on any atom is 0.138 e. The number of hydrogen-bond donors (Lipinski definition) is 1. The van der Waals surface area contributed by atoms with Crippen LogP contribution in [0.4, 0.5) is 0 Å². The van der Waals surface area contributed by atoms with Crippen molar-refractivity contribution in [2.45, 2.75) is 52.4 Å². The molecule has 1 aromatic heterocycles. The van der Waals surface area contributed by atoms with Gasteiger partial charge in [-0.1, -0.05) is 81.5 Å². The van der Waals surface area contributed by atoms with Crippen LogP contribution in [0.2, 0.25) is 0 Å². The van der Waals surface area contributed by atoms with Gasteiger partial charge < -0.3 is 9.72 Å². The van der Waals surface area contributed by atoms with E-state index in [1.54, 1.807) is 0 Å². The van der Waals surface area contributed by atoms with Crippen molar-refractivity contribution in [2.75, 3.05) is 6.61 Å². The quantitative estimate of drug-likeness (QED) is 0.268. The molecule has 3 aromatic carbocycles. The van der Waals surface area contributed by atoms with Gasteiger partial charge in [0.1, 0.15) is 11.6 Å². The predicted octanol–water partition coefficient (Wildman–Crippen LogP) is 7.94. The summed E-state index contributed by atoms with van der Waals surface area (Å²) in [5, 5.41) is 0. The summed E-state index contributed by atoms with van der Waals surface area (Å²) in [7, 11) is 0. The smallest absolute Gasteiger partial charge is 0.138 e. The Morgan fingerprint density at radius 1 is 0.742 bits per heavy atom. The van der Waals surface area contributed by atoms with Crippen LogP contribution in [0.5, 0.6) is 5.75 Å². The number of unbranched alkanes of at least 4 members (excludes halogenated alkanes) is 5. The first-order valence-corrected chi connectivity index (χ1v) is 11.5. The van der Waals surface area contributed by atoms with Crippen molar-refractivity contribution in [3.63, 3.8) is 0 Å². The van der Waals surface area contributed by atoms with Crippen LogP contribution < -0.4 is 4.74 Å². The summed E-state index contributed by atoms with van der Waals surface area (Å²) in [4.78, 5) is 8.15. The Hall–Kier alpha value is -3.07. The predicted molar refractivity (Wildman–Crippen MR) is 131 cm³/mol. The molecule has 0 aliphatic carbocycles. The number of aryl methyl sites for hydroxylation is 1. The third-order valence-electron chi connectivity index (χ3n) is 5.75. The number of nitrogens with zero attached hydrogens (tertiary/aromatic N) is 1. The largest absolute Gasteiger partial charge is 0.494 e. The molecule has 3 heteroatoms. The van der Waals surface area contributed by atoms with Gasteiger partial charge in [0.15, 0.2) is 0 Å². The number of rotatable bonds is 10. The second-order valence-corrected chi connectivity index (χ2v) is 8.32. The SMILES string of the molecule is CCCCCCCCOc1ccc(-c2ccc(-c3nc4ccc(C)cc4[nH]3)cc2)cc1. The van der Waals surface area contributed by atoms with Crippen molar-refractivity contribution in [3.8, 4) is 28.3 Å². The van der Waals surface area contributed by atoms with Gasteiger partial charge in [0.05, 0.1) is 17.6 Å². The number of nitrogens with one attached hydrogen (secondary N) is 1. The standard InChI is InChI=1S/C28H32N2O/c1-3-4-5-6-7-8-19-31-25-16-14-23(15-17-25)22-10-12-24(13-11-22)28-29-26-18-9-21(2)20-27(26)30-28/h9-18,20H,3-8,19H2,1-2H3,(H,29,30). The normalized spacial score (nSPS) is 11.2. The first-order chi connectivity index (χ1) is 15.2. The van der Waals surface area contributed by atoms with Crippen molar-refractivity contribution in [1.82, 2.24) is 9.97 Å². The lowest BCUT2D eigenvalue weighted by Crippen LogP contribution is -1.97.